The third-order valence-electron chi connectivity index (χ3n) is 7.07. The molecule has 6 rings (SSSR count). The molecule has 4 aromatic rings. The number of fused-ring (bicyclic) bond motifs is 12. The molecule has 4 heterocycles. The van der Waals surface area contributed by atoms with E-state index in [1.165, 1.54) is 0 Å². The Labute approximate surface area is 208 Å². The van der Waals surface area contributed by atoms with Crippen molar-refractivity contribution in [3.05, 3.63) is 66.0 Å². The molecule has 2 aliphatic rings. The van der Waals surface area contributed by atoms with Crippen LogP contribution in [0, 0.1) is 0 Å². The van der Waals surface area contributed by atoms with Gasteiger partial charge in [0.15, 0.2) is 0 Å². The first kappa shape index (κ1) is 22.6. The number of carbonyl (C=O) groups excluding carboxylic acids is 2. The highest BCUT2D eigenvalue weighted by molar-refractivity contribution is 6.50. The standard InChI is InChI=1S/C28H28N4O4/c1-30(2)14-18-9-10-31-15-21(19-5-3-4-6-23(19)31)25-26(28(35)29-27(25)34)22-16-32(11-12-36-18)24-13-17(33)7-8-20(22)24/h3-8,13,15-16,18,33H,9-12,14H2,1-2H3,(H,29,34,35)/t18-/m0/s1. The summed E-state index contributed by atoms with van der Waals surface area (Å²) < 4.78 is 10.5. The van der Waals surface area contributed by atoms with E-state index in [0.717, 1.165) is 46.9 Å². The van der Waals surface area contributed by atoms with E-state index < -0.39 is 11.8 Å². The SMILES string of the molecule is CN(C)C[C@@H]1CCn2cc(c3ccccc32)C2=C(C(=O)NC2=O)c2cn(c3cc(O)ccc23)CCO1. The molecule has 2 aromatic heterocycles. The molecular weight excluding hydrogens is 456 g/mol. The lowest BCUT2D eigenvalue weighted by atomic mass is 9.95. The summed E-state index contributed by atoms with van der Waals surface area (Å²) in [4.78, 5) is 28.5. The number of nitrogens with zero attached hydrogens (tertiary/aromatic N) is 3. The first-order chi connectivity index (χ1) is 17.4. The van der Waals surface area contributed by atoms with E-state index >= 15 is 0 Å². The summed E-state index contributed by atoms with van der Waals surface area (Å²) in [5, 5.41) is 14.5. The van der Waals surface area contributed by atoms with Crippen molar-refractivity contribution >= 4 is 44.8 Å². The van der Waals surface area contributed by atoms with Crippen molar-refractivity contribution in [2.45, 2.75) is 25.6 Å². The summed E-state index contributed by atoms with van der Waals surface area (Å²) in [5.41, 5.74) is 3.96. The van der Waals surface area contributed by atoms with E-state index in [4.69, 9.17) is 4.74 Å². The second kappa shape index (κ2) is 8.65. The van der Waals surface area contributed by atoms with E-state index in [2.05, 4.69) is 14.8 Å². The highest BCUT2D eigenvalue weighted by Crippen LogP contribution is 2.39. The number of phenols is 1. The molecule has 2 aliphatic heterocycles. The van der Waals surface area contributed by atoms with Crippen molar-refractivity contribution in [3.63, 3.8) is 0 Å². The smallest absolute Gasteiger partial charge is 0.259 e. The van der Waals surface area contributed by atoms with E-state index in [9.17, 15) is 14.7 Å². The molecule has 0 saturated heterocycles. The molecule has 0 unspecified atom stereocenters. The zero-order chi connectivity index (χ0) is 25.0. The first-order valence-corrected chi connectivity index (χ1v) is 12.2. The molecule has 36 heavy (non-hydrogen) atoms. The molecule has 0 saturated carbocycles. The number of benzene rings is 2. The number of para-hydroxylation sites is 1. The number of carbonyl (C=O) groups is 2. The number of aromatic nitrogens is 2. The lowest BCUT2D eigenvalue weighted by molar-refractivity contribution is -0.122. The number of amides is 2. The number of hydrogen-bond acceptors (Lipinski definition) is 5. The zero-order valence-corrected chi connectivity index (χ0v) is 20.3. The van der Waals surface area contributed by atoms with Crippen LogP contribution in [0.5, 0.6) is 5.75 Å². The van der Waals surface area contributed by atoms with Crippen molar-refractivity contribution < 1.29 is 19.4 Å². The van der Waals surface area contributed by atoms with Crippen LogP contribution in [0.1, 0.15) is 17.5 Å². The number of nitrogens with one attached hydrogen (secondary N) is 1. The van der Waals surface area contributed by atoms with Crippen LogP contribution in [0.4, 0.5) is 0 Å². The molecule has 0 radical (unpaired) electrons. The maximum absolute atomic E-state index is 13.2. The van der Waals surface area contributed by atoms with Crippen LogP contribution in [0.25, 0.3) is 33.0 Å². The number of hydrogen-bond donors (Lipinski definition) is 2. The molecule has 1 atom stereocenters. The van der Waals surface area contributed by atoms with E-state index in [1.807, 2.05) is 55.3 Å². The van der Waals surface area contributed by atoms with Crippen LogP contribution in [-0.2, 0) is 27.4 Å². The summed E-state index contributed by atoms with van der Waals surface area (Å²) in [6.07, 6.45) is 4.70. The molecule has 0 aliphatic carbocycles. The van der Waals surface area contributed by atoms with Gasteiger partial charge in [0.2, 0.25) is 0 Å². The number of aromatic hydroxyl groups is 1. The van der Waals surface area contributed by atoms with Gasteiger partial charge in [-0.15, -0.1) is 0 Å². The van der Waals surface area contributed by atoms with E-state index in [0.29, 0.717) is 29.9 Å². The highest BCUT2D eigenvalue weighted by Gasteiger charge is 2.35. The number of rotatable bonds is 2. The molecule has 2 N–H and O–H groups in total. The average molecular weight is 485 g/mol. The molecule has 2 aromatic carbocycles. The lowest BCUT2D eigenvalue weighted by Gasteiger charge is -2.22. The predicted octanol–water partition coefficient (Wildman–Crippen LogP) is 3.22. The van der Waals surface area contributed by atoms with Gasteiger partial charge in [-0.25, -0.2) is 0 Å². The van der Waals surface area contributed by atoms with Gasteiger partial charge in [-0.05, 0) is 38.7 Å². The number of phenolic OH excluding ortho intramolecular Hbond substituents is 1. The van der Waals surface area contributed by atoms with Crippen LogP contribution in [0.15, 0.2) is 54.9 Å². The third kappa shape index (κ3) is 3.70. The number of likely N-dealkylation sites (N-methyl/N-ethyl adjacent to an activating group) is 1. The Morgan fingerprint density at radius 1 is 0.944 bits per heavy atom. The molecule has 4 bridgehead atoms. The summed E-state index contributed by atoms with van der Waals surface area (Å²) in [7, 11) is 4.08. The van der Waals surface area contributed by atoms with Crippen molar-refractivity contribution in [3.8, 4) is 5.75 Å². The van der Waals surface area contributed by atoms with Crippen molar-refractivity contribution in [2.24, 2.45) is 0 Å². The van der Waals surface area contributed by atoms with Crippen LogP contribution >= 0.6 is 0 Å². The fraction of sp³-hybridized carbons (Fsp3) is 0.286. The Balaban J connectivity index is 1.63. The van der Waals surface area contributed by atoms with Gasteiger partial charge in [0.25, 0.3) is 11.8 Å². The monoisotopic (exact) mass is 484 g/mol. The molecule has 8 nitrogen and oxygen atoms in total. The Morgan fingerprint density at radius 3 is 2.33 bits per heavy atom. The third-order valence-corrected chi connectivity index (χ3v) is 7.07. The minimum atomic E-state index is -0.409. The molecule has 0 fully saturated rings. The second-order valence-electron chi connectivity index (χ2n) is 9.77. The van der Waals surface area contributed by atoms with Crippen molar-refractivity contribution in [1.82, 2.24) is 19.4 Å². The Kier molecular flexibility index (Phi) is 5.43. The maximum Gasteiger partial charge on any atom is 0.259 e. The van der Waals surface area contributed by atoms with Gasteiger partial charge in [0.1, 0.15) is 5.75 Å². The Bertz CT molecular complexity index is 1560. The van der Waals surface area contributed by atoms with Crippen molar-refractivity contribution in [2.75, 3.05) is 27.2 Å². The predicted molar refractivity (Wildman–Crippen MR) is 138 cm³/mol. The number of ether oxygens (including phenoxy) is 1. The molecule has 8 heteroatoms. The molecule has 184 valence electrons. The van der Waals surface area contributed by atoms with Crippen LogP contribution in [0.3, 0.4) is 0 Å². The Morgan fingerprint density at radius 2 is 1.61 bits per heavy atom. The van der Waals surface area contributed by atoms with E-state index in [-0.39, 0.29) is 11.9 Å². The van der Waals surface area contributed by atoms with Gasteiger partial charge in [0.05, 0.1) is 29.4 Å². The Hall–Kier alpha value is -3.88. The lowest BCUT2D eigenvalue weighted by Crippen LogP contribution is -2.30. The summed E-state index contributed by atoms with van der Waals surface area (Å²) in [6.45, 7) is 2.54. The van der Waals surface area contributed by atoms with Gasteiger partial charge in [-0.3, -0.25) is 14.9 Å². The topological polar surface area (TPSA) is 88.7 Å². The highest BCUT2D eigenvalue weighted by atomic mass is 16.5. The first-order valence-electron chi connectivity index (χ1n) is 12.2. The second-order valence-corrected chi connectivity index (χ2v) is 9.77. The minimum Gasteiger partial charge on any atom is -0.508 e. The molecule has 2 amide bonds. The zero-order valence-electron chi connectivity index (χ0n) is 20.3. The largest absolute Gasteiger partial charge is 0.508 e. The summed E-state index contributed by atoms with van der Waals surface area (Å²) >= 11 is 0. The van der Waals surface area contributed by atoms with Crippen LogP contribution in [-0.4, -0.2) is 64.3 Å². The van der Waals surface area contributed by atoms with Gasteiger partial charge < -0.3 is 23.9 Å². The van der Waals surface area contributed by atoms with Gasteiger partial charge in [0, 0.05) is 65.5 Å². The quantitative estimate of drug-likeness (QED) is 0.427. The number of aryl methyl sites for hydroxylation is 1. The van der Waals surface area contributed by atoms with Crippen LogP contribution in [0.2, 0.25) is 0 Å². The summed E-state index contributed by atoms with van der Waals surface area (Å²) in [5.74, 6) is -0.659. The van der Waals surface area contributed by atoms with Gasteiger partial charge >= 0.3 is 0 Å². The average Bonchev–Trinajstić information content (AvgIpc) is 3.47. The van der Waals surface area contributed by atoms with Crippen molar-refractivity contribution in [1.29, 1.82) is 0 Å². The van der Waals surface area contributed by atoms with Gasteiger partial charge in [-0.2, -0.15) is 0 Å². The molecular formula is C28H28N4O4. The minimum absolute atomic E-state index is 0.0217. The fourth-order valence-electron chi connectivity index (χ4n) is 5.50. The van der Waals surface area contributed by atoms with E-state index in [1.54, 1.807) is 18.2 Å². The number of imide groups is 1. The molecule has 0 spiro atoms. The van der Waals surface area contributed by atoms with Crippen LogP contribution < -0.4 is 5.32 Å². The maximum atomic E-state index is 13.2. The normalized spacial score (nSPS) is 18.7. The fourth-order valence-corrected chi connectivity index (χ4v) is 5.50. The summed E-state index contributed by atoms with van der Waals surface area (Å²) in [6, 6.07) is 13.1. The van der Waals surface area contributed by atoms with Gasteiger partial charge in [-0.1, -0.05) is 18.2 Å².